The molecule has 0 atom stereocenters. The van der Waals surface area contributed by atoms with Crippen molar-refractivity contribution in [1.29, 1.82) is 0 Å². The molecule has 0 spiro atoms. The van der Waals surface area contributed by atoms with E-state index in [2.05, 4.69) is 30.8 Å². The standard InChI is InChI=1S/C26H24O2/c1-2-21-8-14-24(15-9-21)20-28-19-18-23-12-10-22(11-13-23)16-17-26(27)25-6-4-3-5-7-25/h2-17H,1,18-20H2/b17-16+. The first-order chi connectivity index (χ1) is 13.7. The van der Waals surface area contributed by atoms with Crippen molar-refractivity contribution in [2.75, 3.05) is 6.61 Å². The van der Waals surface area contributed by atoms with E-state index in [-0.39, 0.29) is 5.78 Å². The Hall–Kier alpha value is -3.23. The summed E-state index contributed by atoms with van der Waals surface area (Å²) in [5, 5.41) is 0. The summed E-state index contributed by atoms with van der Waals surface area (Å²) in [7, 11) is 0. The van der Waals surface area contributed by atoms with E-state index in [1.165, 1.54) is 5.56 Å². The van der Waals surface area contributed by atoms with Crippen LogP contribution in [-0.4, -0.2) is 12.4 Å². The van der Waals surface area contributed by atoms with E-state index >= 15 is 0 Å². The van der Waals surface area contributed by atoms with Crippen LogP contribution in [0, 0.1) is 0 Å². The zero-order valence-corrected chi connectivity index (χ0v) is 15.9. The molecule has 0 heterocycles. The monoisotopic (exact) mass is 368 g/mol. The first-order valence-corrected chi connectivity index (χ1v) is 9.40. The second kappa shape index (κ2) is 10.2. The molecule has 0 fully saturated rings. The average Bonchev–Trinajstić information content (AvgIpc) is 2.77. The minimum atomic E-state index is 0.0131. The van der Waals surface area contributed by atoms with Crippen LogP contribution in [-0.2, 0) is 17.8 Å². The molecule has 28 heavy (non-hydrogen) atoms. The lowest BCUT2D eigenvalue weighted by Crippen LogP contribution is -1.99. The fraction of sp³-hybridized carbons (Fsp3) is 0.115. The van der Waals surface area contributed by atoms with E-state index < -0.39 is 0 Å². The molecule has 0 aliphatic heterocycles. The fourth-order valence-electron chi connectivity index (χ4n) is 2.80. The lowest BCUT2D eigenvalue weighted by molar-refractivity contribution is 0.104. The van der Waals surface area contributed by atoms with Crippen LogP contribution in [0.3, 0.4) is 0 Å². The van der Waals surface area contributed by atoms with Gasteiger partial charge in [-0.1, -0.05) is 97.6 Å². The first kappa shape index (κ1) is 19.5. The highest BCUT2D eigenvalue weighted by atomic mass is 16.5. The number of carbonyl (C=O) groups is 1. The highest BCUT2D eigenvalue weighted by Gasteiger charge is 2.00. The SMILES string of the molecule is C=Cc1ccc(COCCc2ccc(/C=C/C(=O)c3ccccc3)cc2)cc1. The lowest BCUT2D eigenvalue weighted by atomic mass is 10.1. The normalized spacial score (nSPS) is 10.9. The molecule has 140 valence electrons. The third-order valence-corrected chi connectivity index (χ3v) is 4.48. The van der Waals surface area contributed by atoms with E-state index in [0.717, 1.165) is 23.1 Å². The van der Waals surface area contributed by atoms with E-state index in [9.17, 15) is 4.79 Å². The maximum atomic E-state index is 12.1. The number of rotatable bonds is 9. The third-order valence-electron chi connectivity index (χ3n) is 4.48. The van der Waals surface area contributed by atoms with Crippen molar-refractivity contribution >= 4 is 17.9 Å². The molecule has 3 aromatic carbocycles. The average molecular weight is 368 g/mol. The number of allylic oxidation sites excluding steroid dienone is 1. The Morgan fingerprint density at radius 1 is 0.821 bits per heavy atom. The van der Waals surface area contributed by atoms with Gasteiger partial charge in [0, 0.05) is 5.56 Å². The second-order valence-electron chi connectivity index (χ2n) is 6.55. The number of carbonyl (C=O) groups excluding carboxylic acids is 1. The van der Waals surface area contributed by atoms with Gasteiger partial charge in [0.25, 0.3) is 0 Å². The Morgan fingerprint density at radius 3 is 2.14 bits per heavy atom. The minimum absolute atomic E-state index is 0.0131. The Morgan fingerprint density at radius 2 is 1.46 bits per heavy atom. The second-order valence-corrected chi connectivity index (χ2v) is 6.55. The zero-order valence-electron chi connectivity index (χ0n) is 15.9. The van der Waals surface area contributed by atoms with Crippen LogP contribution in [0.1, 0.15) is 32.6 Å². The molecule has 0 aliphatic rings. The van der Waals surface area contributed by atoms with Gasteiger partial charge in [0.1, 0.15) is 0 Å². The maximum Gasteiger partial charge on any atom is 0.185 e. The molecule has 0 aromatic heterocycles. The van der Waals surface area contributed by atoms with Crippen LogP contribution in [0.4, 0.5) is 0 Å². The van der Waals surface area contributed by atoms with Crippen molar-refractivity contribution in [3.63, 3.8) is 0 Å². The summed E-state index contributed by atoms with van der Waals surface area (Å²) in [5.41, 5.74) is 5.20. The quantitative estimate of drug-likeness (QED) is 0.264. The third kappa shape index (κ3) is 5.90. The molecule has 0 N–H and O–H groups in total. The summed E-state index contributed by atoms with van der Waals surface area (Å²) in [5.74, 6) is 0.0131. The van der Waals surface area contributed by atoms with Gasteiger partial charge in [-0.15, -0.1) is 0 Å². The Labute approximate surface area is 166 Å². The molecule has 0 unspecified atom stereocenters. The molecule has 2 nitrogen and oxygen atoms in total. The highest BCUT2D eigenvalue weighted by molar-refractivity contribution is 6.06. The largest absolute Gasteiger partial charge is 0.376 e. The molecule has 0 bridgehead atoms. The first-order valence-electron chi connectivity index (χ1n) is 9.40. The van der Waals surface area contributed by atoms with Crippen LogP contribution in [0.25, 0.3) is 12.2 Å². The van der Waals surface area contributed by atoms with Gasteiger partial charge in [-0.2, -0.15) is 0 Å². The summed E-state index contributed by atoms with van der Waals surface area (Å²) < 4.78 is 5.77. The molecule has 0 amide bonds. The minimum Gasteiger partial charge on any atom is -0.376 e. The molecule has 0 radical (unpaired) electrons. The zero-order chi connectivity index (χ0) is 19.6. The summed E-state index contributed by atoms with van der Waals surface area (Å²) >= 11 is 0. The molecule has 0 saturated heterocycles. The van der Waals surface area contributed by atoms with Crippen molar-refractivity contribution in [2.24, 2.45) is 0 Å². The van der Waals surface area contributed by atoms with Gasteiger partial charge in [-0.3, -0.25) is 4.79 Å². The van der Waals surface area contributed by atoms with Gasteiger partial charge in [-0.05, 0) is 34.8 Å². The summed E-state index contributed by atoms with van der Waals surface area (Å²) in [6.07, 6.45) is 6.16. The van der Waals surface area contributed by atoms with E-state index in [1.54, 1.807) is 6.08 Å². The van der Waals surface area contributed by atoms with E-state index in [1.807, 2.05) is 66.7 Å². The number of hydrogen-bond donors (Lipinski definition) is 0. The van der Waals surface area contributed by atoms with Crippen molar-refractivity contribution in [3.05, 3.63) is 119 Å². The number of benzene rings is 3. The highest BCUT2D eigenvalue weighted by Crippen LogP contribution is 2.10. The van der Waals surface area contributed by atoms with Crippen molar-refractivity contribution < 1.29 is 9.53 Å². The number of ether oxygens (including phenoxy) is 1. The molecular formula is C26H24O2. The van der Waals surface area contributed by atoms with Crippen molar-refractivity contribution in [1.82, 2.24) is 0 Å². The smallest absolute Gasteiger partial charge is 0.185 e. The van der Waals surface area contributed by atoms with Gasteiger partial charge in [0.15, 0.2) is 5.78 Å². The predicted molar refractivity (Wildman–Crippen MR) is 116 cm³/mol. The van der Waals surface area contributed by atoms with E-state index in [4.69, 9.17) is 4.74 Å². The molecule has 2 heteroatoms. The van der Waals surface area contributed by atoms with Gasteiger partial charge in [-0.25, -0.2) is 0 Å². The summed E-state index contributed by atoms with van der Waals surface area (Å²) in [6, 6.07) is 25.7. The van der Waals surface area contributed by atoms with Crippen LogP contribution in [0.15, 0.2) is 91.5 Å². The van der Waals surface area contributed by atoms with Crippen LogP contribution in [0.2, 0.25) is 0 Å². The van der Waals surface area contributed by atoms with Crippen molar-refractivity contribution in [3.8, 4) is 0 Å². The fourth-order valence-corrected chi connectivity index (χ4v) is 2.80. The Bertz CT molecular complexity index is 920. The van der Waals surface area contributed by atoms with Gasteiger partial charge < -0.3 is 4.74 Å². The number of ketones is 1. The van der Waals surface area contributed by atoms with Crippen molar-refractivity contribution in [2.45, 2.75) is 13.0 Å². The maximum absolute atomic E-state index is 12.1. The van der Waals surface area contributed by atoms with Gasteiger partial charge in [0.05, 0.1) is 13.2 Å². The van der Waals surface area contributed by atoms with E-state index in [0.29, 0.717) is 18.8 Å². The number of hydrogen-bond acceptors (Lipinski definition) is 2. The molecule has 3 rings (SSSR count). The van der Waals surface area contributed by atoms with Crippen LogP contribution < -0.4 is 0 Å². The van der Waals surface area contributed by atoms with Crippen LogP contribution in [0.5, 0.6) is 0 Å². The Balaban J connectivity index is 1.44. The lowest BCUT2D eigenvalue weighted by Gasteiger charge is -2.06. The summed E-state index contributed by atoms with van der Waals surface area (Å²) in [4.78, 5) is 12.1. The molecule has 0 aliphatic carbocycles. The van der Waals surface area contributed by atoms with Crippen LogP contribution >= 0.6 is 0 Å². The van der Waals surface area contributed by atoms with Gasteiger partial charge in [0.2, 0.25) is 0 Å². The molecular weight excluding hydrogens is 344 g/mol. The Kier molecular flexibility index (Phi) is 7.11. The summed E-state index contributed by atoms with van der Waals surface area (Å²) in [6.45, 7) is 5.04. The molecule has 3 aromatic rings. The molecule has 0 saturated carbocycles. The predicted octanol–water partition coefficient (Wildman–Crippen LogP) is 5.99. The van der Waals surface area contributed by atoms with Gasteiger partial charge >= 0.3 is 0 Å². The topological polar surface area (TPSA) is 26.3 Å².